The Bertz CT molecular complexity index is 1130. The lowest BCUT2D eigenvalue weighted by Crippen LogP contribution is -2.50. The Morgan fingerprint density at radius 1 is 0.892 bits per heavy atom. The highest BCUT2D eigenvalue weighted by Crippen LogP contribution is 2.25. The van der Waals surface area contributed by atoms with Crippen molar-refractivity contribution >= 4 is 46.8 Å². The highest BCUT2D eigenvalue weighted by Gasteiger charge is 2.30. The second-order valence-corrected chi connectivity index (χ2v) is 10.8. The number of thioether (sulfide) groups is 1. The summed E-state index contributed by atoms with van der Waals surface area (Å²) >= 11 is 14.1. The minimum atomic E-state index is -0.639. The van der Waals surface area contributed by atoms with Gasteiger partial charge in [0.05, 0.1) is 10.0 Å². The number of rotatable bonds is 14. The van der Waals surface area contributed by atoms with E-state index in [1.807, 2.05) is 54.6 Å². The summed E-state index contributed by atoms with van der Waals surface area (Å²) in [4.78, 5) is 28.8. The summed E-state index contributed by atoms with van der Waals surface area (Å²) in [6.07, 6.45) is 2.64. The maximum atomic E-state index is 13.7. The summed E-state index contributed by atoms with van der Waals surface area (Å²) in [5, 5.41) is 3.93. The van der Waals surface area contributed by atoms with E-state index in [2.05, 4.69) is 24.4 Å². The van der Waals surface area contributed by atoms with Gasteiger partial charge in [-0.05, 0) is 35.2 Å². The third-order valence-corrected chi connectivity index (χ3v) is 7.78. The molecule has 7 heteroatoms. The van der Waals surface area contributed by atoms with Crippen LogP contribution in [0.5, 0.6) is 0 Å². The Labute approximate surface area is 234 Å². The zero-order valence-corrected chi connectivity index (χ0v) is 23.5. The number of unbranched alkanes of at least 4 members (excludes halogenated alkanes) is 1. The first kappa shape index (κ1) is 29.1. The largest absolute Gasteiger partial charge is 0.354 e. The van der Waals surface area contributed by atoms with Crippen molar-refractivity contribution in [2.24, 2.45) is 0 Å². The van der Waals surface area contributed by atoms with Gasteiger partial charge in [-0.2, -0.15) is 11.8 Å². The van der Waals surface area contributed by atoms with Gasteiger partial charge in [0.15, 0.2) is 0 Å². The summed E-state index contributed by atoms with van der Waals surface area (Å²) < 4.78 is 0. The standard InChI is InChI=1S/C30H34Cl2N2O2S/c1-2-3-17-33-30(36)28(20-23-10-6-4-7-11-23)34(21-25-14-15-26(31)27(32)19-25)29(35)16-18-37-22-24-12-8-5-9-13-24/h4-15,19,28H,2-3,16-18,20-22H2,1H3,(H,33,36)/t28-/m0/s1. The molecule has 1 N–H and O–H groups in total. The first-order chi connectivity index (χ1) is 18.0. The fourth-order valence-electron chi connectivity index (χ4n) is 3.96. The lowest BCUT2D eigenvalue weighted by Gasteiger charge is -2.31. The molecule has 2 amide bonds. The first-order valence-electron chi connectivity index (χ1n) is 12.6. The molecule has 196 valence electrons. The lowest BCUT2D eigenvalue weighted by atomic mass is 10.0. The van der Waals surface area contributed by atoms with Crippen molar-refractivity contribution in [2.75, 3.05) is 12.3 Å². The molecule has 0 aliphatic rings. The van der Waals surface area contributed by atoms with Gasteiger partial charge < -0.3 is 10.2 Å². The van der Waals surface area contributed by atoms with Gasteiger partial charge in [-0.25, -0.2) is 0 Å². The Hall–Kier alpha value is -2.47. The van der Waals surface area contributed by atoms with E-state index in [4.69, 9.17) is 23.2 Å². The van der Waals surface area contributed by atoms with E-state index in [1.165, 1.54) is 5.56 Å². The van der Waals surface area contributed by atoms with Crippen molar-refractivity contribution in [3.63, 3.8) is 0 Å². The number of nitrogens with one attached hydrogen (secondary N) is 1. The Morgan fingerprint density at radius 3 is 2.22 bits per heavy atom. The van der Waals surface area contributed by atoms with Crippen molar-refractivity contribution in [3.8, 4) is 0 Å². The number of carbonyl (C=O) groups is 2. The van der Waals surface area contributed by atoms with E-state index in [1.54, 1.807) is 28.8 Å². The molecule has 3 rings (SSSR count). The molecule has 0 saturated heterocycles. The van der Waals surface area contributed by atoms with Gasteiger partial charge >= 0.3 is 0 Å². The second-order valence-electron chi connectivity index (χ2n) is 8.91. The van der Waals surface area contributed by atoms with Crippen LogP contribution < -0.4 is 5.32 Å². The van der Waals surface area contributed by atoms with Crippen LogP contribution in [-0.2, 0) is 28.3 Å². The summed E-state index contributed by atoms with van der Waals surface area (Å²) in [6.45, 7) is 2.95. The van der Waals surface area contributed by atoms with Crippen molar-refractivity contribution in [2.45, 2.75) is 50.9 Å². The molecule has 4 nitrogen and oxygen atoms in total. The molecule has 0 heterocycles. The van der Waals surface area contributed by atoms with Crippen LogP contribution in [0, 0.1) is 0 Å². The number of nitrogens with zero attached hydrogens (tertiary/aromatic N) is 1. The molecule has 0 aromatic heterocycles. The molecular weight excluding hydrogens is 523 g/mol. The molecule has 3 aromatic carbocycles. The third kappa shape index (κ3) is 9.73. The number of carbonyl (C=O) groups excluding carboxylic acids is 2. The quantitative estimate of drug-likeness (QED) is 0.214. The van der Waals surface area contributed by atoms with Gasteiger partial charge in [0, 0.05) is 37.4 Å². The molecule has 1 atom stereocenters. The molecule has 0 radical (unpaired) electrons. The summed E-state index contributed by atoms with van der Waals surface area (Å²) in [7, 11) is 0. The third-order valence-electron chi connectivity index (χ3n) is 6.01. The summed E-state index contributed by atoms with van der Waals surface area (Å²) in [5.41, 5.74) is 3.06. The number of benzene rings is 3. The van der Waals surface area contributed by atoms with Crippen molar-refractivity contribution in [3.05, 3.63) is 106 Å². The van der Waals surface area contributed by atoms with Crippen molar-refractivity contribution < 1.29 is 9.59 Å². The van der Waals surface area contributed by atoms with Crippen LogP contribution in [0.25, 0.3) is 0 Å². The van der Waals surface area contributed by atoms with Crippen LogP contribution in [0.2, 0.25) is 10.0 Å². The highest BCUT2D eigenvalue weighted by atomic mass is 35.5. The van der Waals surface area contributed by atoms with Gasteiger partial charge in [0.2, 0.25) is 11.8 Å². The normalized spacial score (nSPS) is 11.6. The monoisotopic (exact) mass is 556 g/mol. The number of hydrogen-bond donors (Lipinski definition) is 1. The maximum Gasteiger partial charge on any atom is 0.243 e. The molecule has 37 heavy (non-hydrogen) atoms. The molecular formula is C30H34Cl2N2O2S. The fraction of sp³-hybridized carbons (Fsp3) is 0.333. The van der Waals surface area contributed by atoms with E-state index in [9.17, 15) is 9.59 Å². The van der Waals surface area contributed by atoms with E-state index < -0.39 is 6.04 Å². The molecule has 0 saturated carbocycles. The molecule has 0 spiro atoms. The minimum Gasteiger partial charge on any atom is -0.354 e. The zero-order valence-electron chi connectivity index (χ0n) is 21.2. The van der Waals surface area contributed by atoms with E-state index in [0.29, 0.717) is 35.2 Å². The topological polar surface area (TPSA) is 49.4 Å². The Morgan fingerprint density at radius 2 is 1.57 bits per heavy atom. The van der Waals surface area contributed by atoms with Crippen LogP contribution in [0.15, 0.2) is 78.9 Å². The van der Waals surface area contributed by atoms with Gasteiger partial charge in [-0.15, -0.1) is 0 Å². The van der Waals surface area contributed by atoms with E-state index in [0.717, 1.165) is 29.7 Å². The van der Waals surface area contributed by atoms with Crippen molar-refractivity contribution in [1.82, 2.24) is 10.2 Å². The van der Waals surface area contributed by atoms with Crippen molar-refractivity contribution in [1.29, 1.82) is 0 Å². The van der Waals surface area contributed by atoms with Crippen LogP contribution in [-0.4, -0.2) is 35.1 Å². The molecule has 0 fully saturated rings. The van der Waals surface area contributed by atoms with Gasteiger partial charge in [-0.1, -0.05) is 103 Å². The molecule has 0 bridgehead atoms. The predicted octanol–water partition coefficient (Wildman–Crippen LogP) is 7.17. The highest BCUT2D eigenvalue weighted by molar-refractivity contribution is 7.98. The molecule has 0 unspecified atom stereocenters. The Balaban J connectivity index is 1.80. The van der Waals surface area contributed by atoms with Crippen LogP contribution >= 0.6 is 35.0 Å². The van der Waals surface area contributed by atoms with Gasteiger partial charge in [0.25, 0.3) is 0 Å². The fourth-order valence-corrected chi connectivity index (χ4v) is 5.17. The lowest BCUT2D eigenvalue weighted by molar-refractivity contribution is -0.141. The minimum absolute atomic E-state index is 0.0572. The SMILES string of the molecule is CCCCNC(=O)[C@H](Cc1ccccc1)N(Cc1ccc(Cl)c(Cl)c1)C(=O)CCSCc1ccccc1. The molecule has 3 aromatic rings. The summed E-state index contributed by atoms with van der Waals surface area (Å²) in [5.74, 6) is 1.31. The Kier molecular flexibility index (Phi) is 12.3. The van der Waals surface area contributed by atoms with E-state index >= 15 is 0 Å². The maximum absolute atomic E-state index is 13.7. The average molecular weight is 558 g/mol. The number of amides is 2. The molecule has 0 aliphatic heterocycles. The summed E-state index contributed by atoms with van der Waals surface area (Å²) in [6, 6.07) is 24.7. The number of hydrogen-bond acceptors (Lipinski definition) is 3. The average Bonchev–Trinajstić information content (AvgIpc) is 2.91. The van der Waals surface area contributed by atoms with Gasteiger partial charge in [-0.3, -0.25) is 9.59 Å². The number of halogens is 2. The van der Waals surface area contributed by atoms with Crippen LogP contribution in [0.4, 0.5) is 0 Å². The second kappa shape index (κ2) is 15.7. The zero-order chi connectivity index (χ0) is 26.5. The van der Waals surface area contributed by atoms with Crippen LogP contribution in [0.3, 0.4) is 0 Å². The first-order valence-corrected chi connectivity index (χ1v) is 14.6. The van der Waals surface area contributed by atoms with Crippen LogP contribution in [0.1, 0.15) is 42.9 Å². The predicted molar refractivity (Wildman–Crippen MR) is 156 cm³/mol. The smallest absolute Gasteiger partial charge is 0.243 e. The van der Waals surface area contributed by atoms with E-state index in [-0.39, 0.29) is 18.4 Å². The molecule has 0 aliphatic carbocycles. The van der Waals surface area contributed by atoms with Gasteiger partial charge in [0.1, 0.15) is 6.04 Å².